The molecule has 0 bridgehead atoms. The lowest BCUT2D eigenvalue weighted by Crippen LogP contribution is -2.42. The van der Waals surface area contributed by atoms with Gasteiger partial charge in [-0.3, -0.25) is 19.3 Å². The zero-order valence-electron chi connectivity index (χ0n) is 24.2. The van der Waals surface area contributed by atoms with E-state index < -0.39 is 5.97 Å². The van der Waals surface area contributed by atoms with Gasteiger partial charge < -0.3 is 26.0 Å². The van der Waals surface area contributed by atoms with Crippen molar-refractivity contribution in [3.05, 3.63) is 83.7 Å². The number of fused-ring (bicyclic) bond motifs is 1. The van der Waals surface area contributed by atoms with Crippen LogP contribution in [0.2, 0.25) is 5.02 Å². The number of hydrogen-bond acceptors (Lipinski definition) is 7. The summed E-state index contributed by atoms with van der Waals surface area (Å²) >= 11 is 6.49. The summed E-state index contributed by atoms with van der Waals surface area (Å²) in [6.45, 7) is 0.215. The molecule has 228 valence electrons. The second kappa shape index (κ2) is 14.2. The third-order valence-electron chi connectivity index (χ3n) is 7.44. The number of anilines is 2. The molecule has 0 aliphatic heterocycles. The van der Waals surface area contributed by atoms with Gasteiger partial charge in [-0.2, -0.15) is 0 Å². The van der Waals surface area contributed by atoms with Gasteiger partial charge in [0.15, 0.2) is 0 Å². The van der Waals surface area contributed by atoms with E-state index in [2.05, 4.69) is 25.9 Å². The minimum Gasteiger partial charge on any atom is -0.480 e. The summed E-state index contributed by atoms with van der Waals surface area (Å²) < 4.78 is 0. The van der Waals surface area contributed by atoms with E-state index in [1.165, 1.54) is 6.08 Å². The van der Waals surface area contributed by atoms with Crippen LogP contribution in [0.15, 0.2) is 73.1 Å². The molecule has 2 atom stereocenters. The Morgan fingerprint density at radius 3 is 2.68 bits per heavy atom. The number of carbonyl (C=O) groups is 3. The molecule has 0 spiro atoms. The van der Waals surface area contributed by atoms with E-state index in [1.807, 2.05) is 30.5 Å². The third kappa shape index (κ3) is 8.00. The second-order valence-electron chi connectivity index (χ2n) is 10.9. The molecule has 2 unspecified atom stereocenters. The van der Waals surface area contributed by atoms with Gasteiger partial charge in [-0.25, -0.2) is 9.97 Å². The molecule has 4 aromatic rings. The van der Waals surface area contributed by atoms with E-state index in [1.54, 1.807) is 48.5 Å². The van der Waals surface area contributed by atoms with Crippen LogP contribution in [0.5, 0.6) is 0 Å². The van der Waals surface area contributed by atoms with E-state index >= 15 is 0 Å². The lowest BCUT2D eigenvalue weighted by atomic mass is 9.91. The number of nitrogens with one attached hydrogen (secondary N) is 4. The van der Waals surface area contributed by atoms with Crippen molar-refractivity contribution in [2.24, 2.45) is 0 Å². The number of hydrogen-bond donors (Lipinski definition) is 5. The molecule has 5 rings (SSSR count). The highest BCUT2D eigenvalue weighted by Gasteiger charge is 2.25. The van der Waals surface area contributed by atoms with Crippen LogP contribution in [0.4, 0.5) is 11.6 Å². The van der Waals surface area contributed by atoms with Crippen molar-refractivity contribution in [3.8, 4) is 11.3 Å². The number of amides is 2. The summed E-state index contributed by atoms with van der Waals surface area (Å²) in [6.07, 6.45) is 9.92. The second-order valence-corrected chi connectivity index (χ2v) is 11.3. The number of nitrogens with zero attached hydrogens (tertiary/aromatic N) is 3. The molecule has 5 N–H and O–H groups in total. The van der Waals surface area contributed by atoms with Crippen molar-refractivity contribution in [1.29, 1.82) is 0 Å². The molecule has 1 aliphatic rings. The van der Waals surface area contributed by atoms with E-state index in [0.29, 0.717) is 34.5 Å². The first-order valence-corrected chi connectivity index (χ1v) is 14.8. The number of carboxylic acids is 1. The maximum Gasteiger partial charge on any atom is 0.317 e. The number of para-hydroxylation sites is 1. The molecule has 1 saturated carbocycles. The molecule has 11 nitrogen and oxygen atoms in total. The van der Waals surface area contributed by atoms with Crippen LogP contribution in [0.25, 0.3) is 22.2 Å². The lowest BCUT2D eigenvalue weighted by molar-refractivity contribution is -0.137. The molecule has 1 fully saturated rings. The number of aromatic amines is 1. The van der Waals surface area contributed by atoms with Gasteiger partial charge in [0, 0.05) is 58.6 Å². The van der Waals surface area contributed by atoms with Gasteiger partial charge in [0.05, 0.1) is 23.5 Å². The Morgan fingerprint density at radius 2 is 1.89 bits per heavy atom. The summed E-state index contributed by atoms with van der Waals surface area (Å²) in [5.41, 5.74) is 3.61. The molecule has 2 aromatic carbocycles. The Balaban J connectivity index is 1.13. The highest BCUT2D eigenvalue weighted by Crippen LogP contribution is 2.32. The molecule has 2 amide bonds. The normalized spacial score (nSPS) is 16.7. The number of H-pyrrole nitrogens is 1. The van der Waals surface area contributed by atoms with Crippen molar-refractivity contribution >= 4 is 51.9 Å². The minimum atomic E-state index is -0.932. The van der Waals surface area contributed by atoms with Crippen molar-refractivity contribution in [3.63, 3.8) is 0 Å². The number of likely N-dealkylation sites (N-methyl/N-ethyl adjacent to an activating group) is 1. The van der Waals surface area contributed by atoms with Crippen molar-refractivity contribution in [1.82, 2.24) is 25.2 Å². The number of aromatic nitrogens is 3. The molecule has 2 aromatic heterocycles. The first-order valence-electron chi connectivity index (χ1n) is 14.4. The third-order valence-corrected chi connectivity index (χ3v) is 7.71. The van der Waals surface area contributed by atoms with Crippen molar-refractivity contribution < 1.29 is 19.5 Å². The maximum atomic E-state index is 13.0. The summed E-state index contributed by atoms with van der Waals surface area (Å²) in [5.74, 6) is -0.964. The smallest absolute Gasteiger partial charge is 0.317 e. The molecule has 44 heavy (non-hydrogen) atoms. The Bertz CT molecular complexity index is 1670. The van der Waals surface area contributed by atoms with E-state index in [0.717, 1.165) is 42.1 Å². The summed E-state index contributed by atoms with van der Waals surface area (Å²) in [7, 11) is 1.65. The monoisotopic (exact) mass is 615 g/mol. The van der Waals surface area contributed by atoms with Gasteiger partial charge in [0.2, 0.25) is 11.9 Å². The summed E-state index contributed by atoms with van der Waals surface area (Å²) in [4.78, 5) is 49.9. The minimum absolute atomic E-state index is 0.0158. The zero-order valence-corrected chi connectivity index (χ0v) is 25.0. The number of benzene rings is 2. The van der Waals surface area contributed by atoms with Gasteiger partial charge >= 0.3 is 5.97 Å². The van der Waals surface area contributed by atoms with Crippen LogP contribution in [0.1, 0.15) is 36.0 Å². The predicted octanol–water partition coefficient (Wildman–Crippen LogP) is 4.94. The molecule has 2 heterocycles. The Hall–Kier alpha value is -4.74. The summed E-state index contributed by atoms with van der Waals surface area (Å²) in [5, 5.41) is 19.6. The van der Waals surface area contributed by atoms with E-state index in [4.69, 9.17) is 21.7 Å². The molecule has 12 heteroatoms. The number of rotatable bonds is 11. The molecular formula is C32H34ClN7O4. The quantitative estimate of drug-likeness (QED) is 0.149. The molecule has 0 radical (unpaired) electrons. The van der Waals surface area contributed by atoms with Crippen molar-refractivity contribution in [2.75, 3.05) is 30.8 Å². The van der Waals surface area contributed by atoms with Gasteiger partial charge in [-0.1, -0.05) is 35.9 Å². The Kier molecular flexibility index (Phi) is 9.88. The lowest BCUT2D eigenvalue weighted by Gasteiger charge is -2.30. The van der Waals surface area contributed by atoms with E-state index in [-0.39, 0.29) is 30.4 Å². The summed E-state index contributed by atoms with van der Waals surface area (Å²) in [6, 6.07) is 14.7. The standard InChI is InChI=1S/C32H34ClN7O4/c1-40(19-29(42)43)15-5-10-28(41)36-21-13-11-20(12-14-21)31(44)37-22-6-4-7-23(16-22)38-32-35-18-26(33)30(39-32)25-17-34-27-9-3-2-8-24(25)27/h2-3,5,8-14,17-18,22-23,34H,4,6-7,15-16,19H2,1H3,(H,36,41)(H,37,44)(H,42,43)(H,35,38,39). The van der Waals surface area contributed by atoms with Gasteiger partial charge in [-0.15, -0.1) is 0 Å². The topological polar surface area (TPSA) is 152 Å². The SMILES string of the molecule is CN(CC=CC(=O)Nc1ccc(C(=O)NC2CCCC(Nc3ncc(Cl)c(-c4c[nH]c5ccccc45)n3)C2)cc1)CC(=O)O. The fourth-order valence-electron chi connectivity index (χ4n) is 5.32. The fraction of sp³-hybridized carbons (Fsp3) is 0.281. The van der Waals surface area contributed by atoms with Crippen LogP contribution in [-0.2, 0) is 9.59 Å². The predicted molar refractivity (Wildman–Crippen MR) is 171 cm³/mol. The number of carboxylic acid groups (broad SMARTS) is 1. The average Bonchev–Trinajstić information content (AvgIpc) is 3.42. The van der Waals surface area contributed by atoms with Crippen LogP contribution >= 0.6 is 11.6 Å². The highest BCUT2D eigenvalue weighted by molar-refractivity contribution is 6.33. The van der Waals surface area contributed by atoms with Crippen molar-refractivity contribution in [2.45, 2.75) is 37.8 Å². The highest BCUT2D eigenvalue weighted by atomic mass is 35.5. The first kappa shape index (κ1) is 30.7. The van der Waals surface area contributed by atoms with Gasteiger partial charge in [0.1, 0.15) is 0 Å². The first-order chi connectivity index (χ1) is 21.2. The van der Waals surface area contributed by atoms with Crippen LogP contribution < -0.4 is 16.0 Å². The van der Waals surface area contributed by atoms with E-state index in [9.17, 15) is 14.4 Å². The number of carbonyl (C=O) groups excluding carboxylic acids is 2. The maximum absolute atomic E-state index is 13.0. The molecule has 0 saturated heterocycles. The van der Waals surface area contributed by atoms with Gasteiger partial charge in [0.25, 0.3) is 5.91 Å². The number of aliphatic carboxylic acids is 1. The molecule has 1 aliphatic carbocycles. The zero-order chi connectivity index (χ0) is 31.1. The largest absolute Gasteiger partial charge is 0.480 e. The average molecular weight is 616 g/mol. The van der Waals surface area contributed by atoms with Crippen LogP contribution in [0.3, 0.4) is 0 Å². The Morgan fingerprint density at radius 1 is 1.11 bits per heavy atom. The fourth-order valence-corrected chi connectivity index (χ4v) is 5.51. The van der Waals surface area contributed by atoms with Crippen LogP contribution in [0, 0.1) is 0 Å². The number of halogens is 1. The Labute approximate surface area is 259 Å². The van der Waals surface area contributed by atoms with Gasteiger partial charge in [-0.05, 0) is 63.1 Å². The molecular weight excluding hydrogens is 582 g/mol. The van der Waals surface area contributed by atoms with Crippen LogP contribution in [-0.4, -0.2) is 75.0 Å².